The zero-order valence-electron chi connectivity index (χ0n) is 14.6. The molecule has 0 aromatic heterocycles. The van der Waals surface area contributed by atoms with Crippen LogP contribution in [0.25, 0.3) is 0 Å². The average molecular weight is 331 g/mol. The Hall–Kier alpha value is -1.97. The largest absolute Gasteiger partial charge is 0.306 e. The summed E-state index contributed by atoms with van der Waals surface area (Å²) in [6, 6.07) is 16.1. The Labute approximate surface area is 149 Å². The van der Waals surface area contributed by atoms with Gasteiger partial charge in [-0.2, -0.15) is 4.90 Å². The predicted molar refractivity (Wildman–Crippen MR) is 103 cm³/mol. The van der Waals surface area contributed by atoms with Gasteiger partial charge in [-0.3, -0.25) is 4.99 Å². The first-order valence-electron chi connectivity index (χ1n) is 9.56. The van der Waals surface area contributed by atoms with Gasteiger partial charge in [0.15, 0.2) is 6.04 Å². The van der Waals surface area contributed by atoms with Gasteiger partial charge in [0, 0.05) is 30.7 Å². The summed E-state index contributed by atoms with van der Waals surface area (Å²) in [6.07, 6.45) is 5.61. The van der Waals surface area contributed by atoms with E-state index in [1.165, 1.54) is 29.7 Å². The van der Waals surface area contributed by atoms with Crippen LogP contribution in [0.2, 0.25) is 0 Å². The van der Waals surface area contributed by atoms with E-state index in [4.69, 9.17) is 0 Å². The molecule has 1 radical (unpaired) electrons. The molecule has 3 heteroatoms. The first kappa shape index (κ1) is 15.3. The van der Waals surface area contributed by atoms with Crippen LogP contribution in [0.15, 0.2) is 47.5 Å². The van der Waals surface area contributed by atoms with Gasteiger partial charge in [0.1, 0.15) is 13.1 Å². The standard InChI is InChI=1S/C22H25N3/c1-2-4-16(5-3-1)15-25-13-12-23-14-21(25)19-8-6-17-7-9-20-18(22(17)19)10-11-24-20/h1-5,7,9,11,19,21,23H,6,8,10,12-15H2/q+1. The molecule has 2 heterocycles. The number of aryl methyl sites for hydroxylation is 1. The van der Waals surface area contributed by atoms with Crippen LogP contribution < -0.4 is 10.2 Å². The second-order valence-corrected chi connectivity index (χ2v) is 7.52. The third-order valence-corrected chi connectivity index (χ3v) is 6.14. The molecule has 1 fully saturated rings. The van der Waals surface area contributed by atoms with Crippen LogP contribution in [0, 0.1) is 0 Å². The lowest BCUT2D eigenvalue weighted by Crippen LogP contribution is -2.56. The predicted octanol–water partition coefficient (Wildman–Crippen LogP) is 3.29. The van der Waals surface area contributed by atoms with Crippen LogP contribution in [0.3, 0.4) is 0 Å². The smallest absolute Gasteiger partial charge is 0.152 e. The molecule has 2 aromatic carbocycles. The molecule has 5 rings (SSSR count). The van der Waals surface area contributed by atoms with Crippen LogP contribution in [0.4, 0.5) is 5.69 Å². The zero-order chi connectivity index (χ0) is 16.6. The third kappa shape index (κ3) is 2.72. The van der Waals surface area contributed by atoms with Gasteiger partial charge in [-0.25, -0.2) is 0 Å². The van der Waals surface area contributed by atoms with Crippen LogP contribution >= 0.6 is 0 Å². The van der Waals surface area contributed by atoms with Crippen molar-refractivity contribution in [2.24, 2.45) is 4.99 Å². The number of aliphatic imine (C=N–C) groups is 1. The molecule has 127 valence electrons. The minimum Gasteiger partial charge on any atom is -0.306 e. The molecule has 1 N–H and O–H groups in total. The Morgan fingerprint density at radius 1 is 1.12 bits per heavy atom. The van der Waals surface area contributed by atoms with Gasteiger partial charge in [-0.05, 0) is 35.6 Å². The molecule has 0 amide bonds. The summed E-state index contributed by atoms with van der Waals surface area (Å²) in [6.45, 7) is 4.39. The third-order valence-electron chi connectivity index (χ3n) is 6.14. The second-order valence-electron chi connectivity index (χ2n) is 7.52. The summed E-state index contributed by atoms with van der Waals surface area (Å²) in [5.74, 6) is 0.642. The van der Waals surface area contributed by atoms with Crippen molar-refractivity contribution in [2.45, 2.75) is 37.8 Å². The number of hydrogen-bond donors (Lipinski definition) is 1. The van der Waals surface area contributed by atoms with E-state index >= 15 is 0 Å². The van der Waals surface area contributed by atoms with Crippen molar-refractivity contribution in [3.63, 3.8) is 0 Å². The van der Waals surface area contributed by atoms with Gasteiger partial charge in [0.25, 0.3) is 0 Å². The van der Waals surface area contributed by atoms with Crippen LogP contribution in [-0.2, 0) is 19.4 Å². The van der Waals surface area contributed by atoms with Crippen molar-refractivity contribution < 1.29 is 0 Å². The highest BCUT2D eigenvalue weighted by molar-refractivity contribution is 5.78. The van der Waals surface area contributed by atoms with Crippen LogP contribution in [-0.4, -0.2) is 31.9 Å². The molecule has 1 saturated heterocycles. The number of rotatable bonds is 3. The molecular weight excluding hydrogens is 306 g/mol. The molecule has 1 aliphatic carbocycles. The van der Waals surface area contributed by atoms with Crippen molar-refractivity contribution in [3.8, 4) is 0 Å². The number of nitrogens with one attached hydrogen (secondary N) is 1. The van der Waals surface area contributed by atoms with E-state index in [1.54, 1.807) is 11.1 Å². The molecule has 0 bridgehead atoms. The summed E-state index contributed by atoms with van der Waals surface area (Å²) in [4.78, 5) is 7.30. The van der Waals surface area contributed by atoms with Crippen molar-refractivity contribution in [1.82, 2.24) is 10.2 Å². The molecule has 0 spiro atoms. The van der Waals surface area contributed by atoms with E-state index < -0.39 is 0 Å². The molecule has 3 nitrogen and oxygen atoms in total. The molecule has 2 aromatic rings. The first-order chi connectivity index (χ1) is 12.4. The minimum atomic E-state index is 0.585. The van der Waals surface area contributed by atoms with Gasteiger partial charge in [-0.1, -0.05) is 36.4 Å². The molecule has 2 unspecified atom stereocenters. The highest BCUT2D eigenvalue weighted by Crippen LogP contribution is 2.43. The van der Waals surface area contributed by atoms with E-state index in [-0.39, 0.29) is 0 Å². The maximum Gasteiger partial charge on any atom is 0.152 e. The summed E-state index contributed by atoms with van der Waals surface area (Å²) in [5.41, 5.74) is 7.34. The molecule has 2 atom stereocenters. The molecule has 0 saturated carbocycles. The fraction of sp³-hybridized carbons (Fsp3) is 0.409. The highest BCUT2D eigenvalue weighted by atomic mass is 15.2. The van der Waals surface area contributed by atoms with Gasteiger partial charge in [0.05, 0.1) is 12.2 Å². The summed E-state index contributed by atoms with van der Waals surface area (Å²) in [5, 5.41) is 3.65. The molecule has 2 aliphatic heterocycles. The average Bonchev–Trinajstić information content (AvgIpc) is 3.29. The Morgan fingerprint density at radius 2 is 2.04 bits per heavy atom. The highest BCUT2D eigenvalue weighted by Gasteiger charge is 2.42. The Balaban J connectivity index is 1.46. The molecular formula is C22H25N3+. The number of fused-ring (bicyclic) bond motifs is 3. The maximum absolute atomic E-state index is 4.59. The lowest BCUT2D eigenvalue weighted by atomic mass is 9.86. The van der Waals surface area contributed by atoms with Gasteiger partial charge in [-0.15, -0.1) is 0 Å². The van der Waals surface area contributed by atoms with Crippen molar-refractivity contribution >= 4 is 11.9 Å². The molecule has 3 aliphatic rings. The Morgan fingerprint density at radius 3 is 2.96 bits per heavy atom. The second kappa shape index (κ2) is 6.40. The SMILES string of the molecule is C1=Nc2ccc3c(c2C1)C(C1CNCC[N+]1Cc1ccccc1)CC3. The minimum absolute atomic E-state index is 0.585. The Bertz CT molecular complexity index is 796. The van der Waals surface area contributed by atoms with Gasteiger partial charge >= 0.3 is 0 Å². The summed E-state index contributed by atoms with van der Waals surface area (Å²) in [7, 11) is 0. The van der Waals surface area contributed by atoms with E-state index in [2.05, 4.69) is 63.9 Å². The first-order valence-corrected chi connectivity index (χ1v) is 9.56. The van der Waals surface area contributed by atoms with Gasteiger partial charge in [0.2, 0.25) is 0 Å². The topological polar surface area (TPSA) is 30.3 Å². The number of piperazine rings is 1. The van der Waals surface area contributed by atoms with E-state index in [0.717, 1.165) is 32.6 Å². The van der Waals surface area contributed by atoms with Crippen molar-refractivity contribution in [3.05, 3.63) is 64.7 Å². The molecule has 25 heavy (non-hydrogen) atoms. The fourth-order valence-electron chi connectivity index (χ4n) is 4.97. The van der Waals surface area contributed by atoms with E-state index in [9.17, 15) is 0 Å². The Kier molecular flexibility index (Phi) is 3.91. The van der Waals surface area contributed by atoms with Crippen LogP contribution in [0.5, 0.6) is 0 Å². The van der Waals surface area contributed by atoms with Gasteiger partial charge < -0.3 is 5.32 Å². The number of hydrogen-bond acceptors (Lipinski definition) is 3. The number of benzene rings is 2. The van der Waals surface area contributed by atoms with Crippen LogP contribution in [0.1, 0.15) is 34.6 Å². The van der Waals surface area contributed by atoms with E-state index in [0.29, 0.717) is 12.0 Å². The lowest BCUT2D eigenvalue weighted by molar-refractivity contribution is 0.227. The normalized spacial score (nSPS) is 25.1. The monoisotopic (exact) mass is 331 g/mol. The summed E-state index contributed by atoms with van der Waals surface area (Å²) >= 11 is 0. The lowest BCUT2D eigenvalue weighted by Gasteiger charge is -2.32. The fourth-order valence-corrected chi connectivity index (χ4v) is 4.97. The zero-order valence-corrected chi connectivity index (χ0v) is 14.6. The quantitative estimate of drug-likeness (QED) is 0.860. The van der Waals surface area contributed by atoms with E-state index in [1.807, 2.05) is 0 Å². The summed E-state index contributed by atoms with van der Waals surface area (Å²) < 4.78 is 0. The maximum atomic E-state index is 4.59. The number of nitrogens with zero attached hydrogens (tertiary/aromatic N) is 2. The van der Waals surface area contributed by atoms with Crippen molar-refractivity contribution in [2.75, 3.05) is 19.6 Å². The van der Waals surface area contributed by atoms with Crippen molar-refractivity contribution in [1.29, 1.82) is 0 Å².